The van der Waals surface area contributed by atoms with Crippen molar-refractivity contribution in [2.45, 2.75) is 35.9 Å². The summed E-state index contributed by atoms with van der Waals surface area (Å²) in [7, 11) is -6.59. The maximum Gasteiger partial charge on any atom is 0.379 e. The molecule has 0 aliphatic carbocycles. The van der Waals surface area contributed by atoms with Gasteiger partial charge in [-0.25, -0.2) is 17.6 Å². The molecule has 0 spiro atoms. The minimum absolute atomic E-state index is 0.583. The molecule has 0 saturated heterocycles. The number of hydrogen-bond donors (Lipinski definition) is 2. The number of nitrogens with two attached hydrogens (primary N) is 1. The van der Waals surface area contributed by atoms with E-state index in [0.717, 1.165) is 0 Å². The SMILES string of the molecule is C=CCN.O=S(=O)(O)C(F)C(F)(F)C(F)(F)C(F)(F)C(F)C(F)F. The maximum absolute atomic E-state index is 12.7. The van der Waals surface area contributed by atoms with Crippen molar-refractivity contribution < 1.29 is 56.9 Å². The molecule has 0 fully saturated rings. The van der Waals surface area contributed by atoms with Crippen LogP contribution in [0.2, 0.25) is 0 Å². The molecule has 0 bridgehead atoms. The van der Waals surface area contributed by atoms with Crippen LogP contribution in [0.5, 0.6) is 0 Å². The number of halogens is 10. The summed E-state index contributed by atoms with van der Waals surface area (Å²) >= 11 is 0. The Bertz CT molecular complexity index is 510. The Morgan fingerprint density at radius 3 is 1.54 bits per heavy atom. The van der Waals surface area contributed by atoms with Crippen molar-refractivity contribution in [3.8, 4) is 0 Å². The van der Waals surface area contributed by atoms with Crippen LogP contribution in [0.15, 0.2) is 12.7 Å². The molecule has 0 aromatic rings. The molecule has 24 heavy (non-hydrogen) atoms. The minimum atomic E-state index is -7.16. The fourth-order valence-electron chi connectivity index (χ4n) is 0.883. The zero-order valence-corrected chi connectivity index (χ0v) is 12.1. The average Bonchev–Trinajstić information content (AvgIpc) is 2.44. The van der Waals surface area contributed by atoms with Crippen LogP contribution in [-0.2, 0) is 10.1 Å². The van der Waals surface area contributed by atoms with E-state index < -0.39 is 46.0 Å². The molecule has 0 aliphatic heterocycles. The summed E-state index contributed by atoms with van der Waals surface area (Å²) < 4.78 is 151. The van der Waals surface area contributed by atoms with Gasteiger partial charge < -0.3 is 5.73 Å². The maximum atomic E-state index is 12.7. The van der Waals surface area contributed by atoms with Gasteiger partial charge in [-0.3, -0.25) is 4.55 Å². The second-order valence-electron chi connectivity index (χ2n) is 3.91. The zero-order chi connectivity index (χ0) is 20.1. The quantitative estimate of drug-likeness (QED) is 0.389. The van der Waals surface area contributed by atoms with Crippen molar-refractivity contribution in [3.63, 3.8) is 0 Å². The molecule has 0 amide bonds. The van der Waals surface area contributed by atoms with E-state index in [1.165, 1.54) is 0 Å². The van der Waals surface area contributed by atoms with E-state index in [4.69, 9.17) is 10.3 Å². The van der Waals surface area contributed by atoms with Crippen LogP contribution in [0.3, 0.4) is 0 Å². The first-order valence-corrected chi connectivity index (χ1v) is 6.90. The normalized spacial score (nSPS) is 16.2. The molecule has 0 radical (unpaired) electrons. The summed E-state index contributed by atoms with van der Waals surface area (Å²) in [4.78, 5) is 0. The van der Waals surface area contributed by atoms with E-state index in [0.29, 0.717) is 6.54 Å². The third-order valence-electron chi connectivity index (χ3n) is 2.12. The monoisotopic (exact) mass is 403 g/mol. The Balaban J connectivity index is 0. The lowest BCUT2D eigenvalue weighted by Gasteiger charge is -2.34. The topological polar surface area (TPSA) is 80.4 Å². The molecule has 3 N–H and O–H groups in total. The van der Waals surface area contributed by atoms with Crippen LogP contribution in [-0.4, -0.2) is 55.4 Å². The van der Waals surface area contributed by atoms with Gasteiger partial charge in [-0.05, 0) is 0 Å². The van der Waals surface area contributed by atoms with Gasteiger partial charge >= 0.3 is 27.9 Å². The third-order valence-corrected chi connectivity index (χ3v) is 2.94. The molecular weight excluding hydrogens is 392 g/mol. The Labute approximate surface area is 129 Å². The lowest BCUT2D eigenvalue weighted by atomic mass is 10.0. The van der Waals surface area contributed by atoms with Crippen molar-refractivity contribution in [1.29, 1.82) is 0 Å². The molecule has 0 aliphatic rings. The number of hydrogen-bond acceptors (Lipinski definition) is 3. The highest BCUT2D eigenvalue weighted by Gasteiger charge is 2.80. The Kier molecular flexibility index (Phi) is 8.73. The second-order valence-corrected chi connectivity index (χ2v) is 5.36. The van der Waals surface area contributed by atoms with Crippen molar-refractivity contribution in [2.24, 2.45) is 5.73 Å². The van der Waals surface area contributed by atoms with Crippen molar-refractivity contribution in [3.05, 3.63) is 12.7 Å². The van der Waals surface area contributed by atoms with Gasteiger partial charge in [0.15, 0.2) is 0 Å². The van der Waals surface area contributed by atoms with E-state index in [2.05, 4.69) is 6.58 Å². The highest BCUT2D eigenvalue weighted by atomic mass is 32.2. The summed E-state index contributed by atoms with van der Waals surface area (Å²) in [6.45, 7) is 3.94. The molecule has 146 valence electrons. The van der Waals surface area contributed by atoms with Gasteiger partial charge in [-0.2, -0.15) is 34.8 Å². The number of rotatable bonds is 7. The van der Waals surface area contributed by atoms with Crippen LogP contribution in [0.25, 0.3) is 0 Å². The largest absolute Gasteiger partial charge is 0.379 e. The molecule has 15 heteroatoms. The third kappa shape index (κ3) is 5.20. The van der Waals surface area contributed by atoms with E-state index in [-0.39, 0.29) is 0 Å². The summed E-state index contributed by atoms with van der Waals surface area (Å²) in [5.41, 5.74) is -0.367. The molecule has 0 aromatic heterocycles. The van der Waals surface area contributed by atoms with Crippen LogP contribution in [0, 0.1) is 0 Å². The first-order valence-electron chi connectivity index (χ1n) is 5.39. The van der Waals surface area contributed by atoms with Gasteiger partial charge in [-0.15, -0.1) is 6.58 Å². The Morgan fingerprint density at radius 1 is 1.00 bits per heavy atom. The molecule has 2 atom stereocenters. The van der Waals surface area contributed by atoms with E-state index in [9.17, 15) is 52.3 Å². The van der Waals surface area contributed by atoms with Crippen LogP contribution in [0.1, 0.15) is 0 Å². The summed E-state index contributed by atoms with van der Waals surface area (Å²) in [5, 5.41) is 0. The van der Waals surface area contributed by atoms with Crippen LogP contribution >= 0.6 is 0 Å². The number of alkyl halides is 10. The predicted octanol–water partition coefficient (Wildman–Crippen LogP) is 2.81. The van der Waals surface area contributed by atoms with Crippen molar-refractivity contribution in [2.75, 3.05) is 6.54 Å². The van der Waals surface area contributed by atoms with Gasteiger partial charge in [0.2, 0.25) is 6.17 Å². The summed E-state index contributed by atoms with van der Waals surface area (Å²) in [6, 6.07) is 0. The van der Waals surface area contributed by atoms with Gasteiger partial charge in [0.25, 0.3) is 11.9 Å². The van der Waals surface area contributed by atoms with Gasteiger partial charge in [-0.1, -0.05) is 6.08 Å². The Hall–Kier alpha value is -1.09. The first kappa shape index (κ1) is 25.2. The standard InChI is InChI=1S/C6H4F10O3S.C3H7N/c7-1(2(8)9)4(11,12)6(15,16)5(13,14)3(10)20(17,18)19;1-2-3-4/h1-3H,(H,17,18,19);2H,1,3-4H2. The Morgan fingerprint density at radius 2 is 1.33 bits per heavy atom. The smallest absolute Gasteiger partial charge is 0.327 e. The minimum Gasteiger partial charge on any atom is -0.327 e. The lowest BCUT2D eigenvalue weighted by molar-refractivity contribution is -0.339. The van der Waals surface area contributed by atoms with E-state index in [1.807, 2.05) is 0 Å². The van der Waals surface area contributed by atoms with Gasteiger partial charge in [0, 0.05) is 6.54 Å². The molecule has 2 unspecified atom stereocenters. The van der Waals surface area contributed by atoms with Crippen molar-refractivity contribution >= 4 is 10.1 Å². The molecule has 4 nitrogen and oxygen atoms in total. The molecular formula is C9H11F10NO3S. The zero-order valence-electron chi connectivity index (χ0n) is 11.3. The second kappa shape index (κ2) is 8.33. The summed E-state index contributed by atoms with van der Waals surface area (Å²) in [6.07, 6.45) is -8.31. The first-order chi connectivity index (χ1) is 10.4. The lowest BCUT2D eigenvalue weighted by Crippen LogP contribution is -2.63. The fourth-order valence-corrected chi connectivity index (χ4v) is 1.41. The van der Waals surface area contributed by atoms with Crippen LogP contribution in [0.4, 0.5) is 43.9 Å². The summed E-state index contributed by atoms with van der Waals surface area (Å²) in [5.74, 6) is -20.8. The molecule has 0 rings (SSSR count). The van der Waals surface area contributed by atoms with Gasteiger partial charge in [0.1, 0.15) is 0 Å². The van der Waals surface area contributed by atoms with Gasteiger partial charge in [0.05, 0.1) is 0 Å². The highest BCUT2D eigenvalue weighted by molar-refractivity contribution is 7.86. The van der Waals surface area contributed by atoms with Crippen LogP contribution < -0.4 is 5.73 Å². The fraction of sp³-hybridized carbons (Fsp3) is 0.778. The van der Waals surface area contributed by atoms with E-state index in [1.54, 1.807) is 6.08 Å². The predicted molar refractivity (Wildman–Crippen MR) is 61.4 cm³/mol. The highest BCUT2D eigenvalue weighted by Crippen LogP contribution is 2.51. The molecule has 0 aromatic carbocycles. The molecule has 0 saturated carbocycles. The van der Waals surface area contributed by atoms with Crippen molar-refractivity contribution in [1.82, 2.24) is 0 Å². The molecule has 0 heterocycles. The average molecular weight is 403 g/mol. The van der Waals surface area contributed by atoms with E-state index >= 15 is 0 Å².